The minimum atomic E-state index is 0.575. The lowest BCUT2D eigenvalue weighted by Crippen LogP contribution is -2.46. The topological polar surface area (TPSA) is 70.1 Å². The zero-order valence-corrected chi connectivity index (χ0v) is 16.9. The second-order valence-corrected chi connectivity index (χ2v) is 7.25. The van der Waals surface area contributed by atoms with E-state index in [0.29, 0.717) is 11.5 Å². The molecule has 0 radical (unpaired) electrons. The lowest BCUT2D eigenvalue weighted by Gasteiger charge is -2.37. The normalized spacial score (nSPS) is 14.2. The summed E-state index contributed by atoms with van der Waals surface area (Å²) in [5.74, 6) is 1.37. The van der Waals surface area contributed by atoms with Crippen LogP contribution in [0.3, 0.4) is 0 Å². The molecule has 1 N–H and O–H groups in total. The van der Waals surface area contributed by atoms with Gasteiger partial charge < -0.3 is 15.1 Å². The molecule has 30 heavy (non-hydrogen) atoms. The molecule has 1 aliphatic rings. The van der Waals surface area contributed by atoms with Crippen LogP contribution in [0.15, 0.2) is 67.1 Å². The van der Waals surface area contributed by atoms with Crippen LogP contribution >= 0.6 is 0 Å². The summed E-state index contributed by atoms with van der Waals surface area (Å²) < 4.78 is 0. The molecule has 1 aliphatic heterocycles. The SMILES string of the molecule is CNc1nc(-c2cnccn2)nc2cc(N3CCN(c4ccccc4)CC3)ccc12. The molecule has 0 saturated carbocycles. The second kappa shape index (κ2) is 7.94. The summed E-state index contributed by atoms with van der Waals surface area (Å²) in [4.78, 5) is 22.8. The van der Waals surface area contributed by atoms with Crippen LogP contribution in [0.1, 0.15) is 0 Å². The molecule has 2 aromatic carbocycles. The molecule has 0 atom stereocenters. The van der Waals surface area contributed by atoms with Gasteiger partial charge in [0.25, 0.3) is 0 Å². The van der Waals surface area contributed by atoms with Crippen molar-refractivity contribution in [3.05, 3.63) is 67.1 Å². The summed E-state index contributed by atoms with van der Waals surface area (Å²) >= 11 is 0. The standard InChI is InChI=1S/C23H23N7/c1-24-22-19-8-7-18(15-20(19)27-23(28-22)21-16-25-9-10-26-21)30-13-11-29(12-14-30)17-5-3-2-4-6-17/h2-10,15-16H,11-14H2,1H3,(H,24,27,28). The molecule has 7 heteroatoms. The van der Waals surface area contributed by atoms with Crippen molar-refractivity contribution < 1.29 is 0 Å². The van der Waals surface area contributed by atoms with Crippen LogP contribution in [0.2, 0.25) is 0 Å². The summed E-state index contributed by atoms with van der Waals surface area (Å²) in [6.07, 6.45) is 4.99. The van der Waals surface area contributed by atoms with Crippen LogP contribution in [0.4, 0.5) is 17.2 Å². The minimum Gasteiger partial charge on any atom is -0.373 e. The smallest absolute Gasteiger partial charge is 0.182 e. The van der Waals surface area contributed by atoms with E-state index in [0.717, 1.165) is 42.9 Å². The van der Waals surface area contributed by atoms with Gasteiger partial charge in [-0.05, 0) is 30.3 Å². The highest BCUT2D eigenvalue weighted by molar-refractivity contribution is 5.92. The first-order valence-corrected chi connectivity index (χ1v) is 10.1. The zero-order chi connectivity index (χ0) is 20.3. The van der Waals surface area contributed by atoms with E-state index in [1.54, 1.807) is 18.6 Å². The van der Waals surface area contributed by atoms with Crippen LogP contribution in [0, 0.1) is 0 Å². The van der Waals surface area contributed by atoms with Crippen molar-refractivity contribution in [1.29, 1.82) is 0 Å². The number of piperazine rings is 1. The maximum absolute atomic E-state index is 4.78. The Hall–Kier alpha value is -3.74. The predicted molar refractivity (Wildman–Crippen MR) is 121 cm³/mol. The third-order valence-electron chi connectivity index (χ3n) is 5.48. The molecule has 4 aromatic rings. The van der Waals surface area contributed by atoms with E-state index in [2.05, 4.69) is 78.6 Å². The first kappa shape index (κ1) is 18.3. The Morgan fingerprint density at radius 1 is 0.833 bits per heavy atom. The van der Waals surface area contributed by atoms with Gasteiger partial charge in [-0.2, -0.15) is 0 Å². The second-order valence-electron chi connectivity index (χ2n) is 7.25. The average molecular weight is 397 g/mol. The van der Waals surface area contributed by atoms with E-state index in [9.17, 15) is 0 Å². The Balaban J connectivity index is 1.43. The molecular weight excluding hydrogens is 374 g/mol. The maximum atomic E-state index is 4.78. The number of rotatable bonds is 4. The average Bonchev–Trinajstić information content (AvgIpc) is 2.84. The number of anilines is 3. The first-order chi connectivity index (χ1) is 14.8. The van der Waals surface area contributed by atoms with Gasteiger partial charge in [-0.25, -0.2) is 15.0 Å². The Morgan fingerprint density at radius 3 is 2.30 bits per heavy atom. The number of fused-ring (bicyclic) bond motifs is 1. The highest BCUT2D eigenvalue weighted by Crippen LogP contribution is 2.28. The predicted octanol–water partition coefficient (Wildman–Crippen LogP) is 3.46. The summed E-state index contributed by atoms with van der Waals surface area (Å²) in [5.41, 5.74) is 4.03. The fourth-order valence-corrected chi connectivity index (χ4v) is 3.90. The van der Waals surface area contributed by atoms with Crippen molar-refractivity contribution in [1.82, 2.24) is 19.9 Å². The van der Waals surface area contributed by atoms with Gasteiger partial charge in [-0.3, -0.25) is 4.98 Å². The third-order valence-corrected chi connectivity index (χ3v) is 5.48. The number of nitrogens with zero attached hydrogens (tertiary/aromatic N) is 6. The number of nitrogens with one attached hydrogen (secondary N) is 1. The van der Waals surface area contributed by atoms with Gasteiger partial charge in [0.1, 0.15) is 11.5 Å². The van der Waals surface area contributed by atoms with E-state index in [1.165, 1.54) is 11.4 Å². The number of para-hydroxylation sites is 1. The molecule has 0 aliphatic carbocycles. The number of benzene rings is 2. The van der Waals surface area contributed by atoms with Crippen molar-refractivity contribution in [2.24, 2.45) is 0 Å². The Labute approximate surface area is 175 Å². The Bertz CT molecular complexity index is 1140. The molecule has 2 aromatic heterocycles. The van der Waals surface area contributed by atoms with E-state index >= 15 is 0 Å². The Morgan fingerprint density at radius 2 is 1.60 bits per heavy atom. The van der Waals surface area contributed by atoms with Gasteiger partial charge >= 0.3 is 0 Å². The van der Waals surface area contributed by atoms with Crippen LogP contribution in [-0.2, 0) is 0 Å². The maximum Gasteiger partial charge on any atom is 0.182 e. The van der Waals surface area contributed by atoms with Crippen molar-refractivity contribution in [3.63, 3.8) is 0 Å². The van der Waals surface area contributed by atoms with E-state index < -0.39 is 0 Å². The van der Waals surface area contributed by atoms with Crippen molar-refractivity contribution in [3.8, 4) is 11.5 Å². The molecule has 7 nitrogen and oxygen atoms in total. The number of hydrogen-bond acceptors (Lipinski definition) is 7. The van der Waals surface area contributed by atoms with Crippen molar-refractivity contribution in [2.75, 3.05) is 48.3 Å². The minimum absolute atomic E-state index is 0.575. The molecule has 0 unspecified atom stereocenters. The lowest BCUT2D eigenvalue weighted by molar-refractivity contribution is 0.654. The molecule has 0 bridgehead atoms. The lowest BCUT2D eigenvalue weighted by atomic mass is 10.1. The molecule has 150 valence electrons. The molecule has 1 fully saturated rings. The molecule has 5 rings (SSSR count). The third kappa shape index (κ3) is 3.50. The fourth-order valence-electron chi connectivity index (χ4n) is 3.90. The van der Waals surface area contributed by atoms with E-state index in [-0.39, 0.29) is 0 Å². The van der Waals surface area contributed by atoms with Gasteiger partial charge in [0.15, 0.2) is 5.82 Å². The molecular formula is C23H23N7. The number of hydrogen-bond donors (Lipinski definition) is 1. The zero-order valence-electron chi connectivity index (χ0n) is 16.9. The summed E-state index contributed by atoms with van der Waals surface area (Å²) in [6.45, 7) is 3.94. The fraction of sp³-hybridized carbons (Fsp3) is 0.217. The van der Waals surface area contributed by atoms with Gasteiger partial charge in [-0.1, -0.05) is 18.2 Å². The van der Waals surface area contributed by atoms with Crippen LogP contribution in [-0.4, -0.2) is 53.2 Å². The van der Waals surface area contributed by atoms with Gasteiger partial charge in [0.05, 0.1) is 11.7 Å². The monoisotopic (exact) mass is 397 g/mol. The van der Waals surface area contributed by atoms with Crippen molar-refractivity contribution >= 4 is 28.1 Å². The summed E-state index contributed by atoms with van der Waals surface area (Å²) in [7, 11) is 1.87. The largest absolute Gasteiger partial charge is 0.373 e. The van der Waals surface area contributed by atoms with E-state index in [1.807, 2.05) is 7.05 Å². The van der Waals surface area contributed by atoms with Crippen LogP contribution in [0.25, 0.3) is 22.4 Å². The first-order valence-electron chi connectivity index (χ1n) is 10.1. The van der Waals surface area contributed by atoms with Gasteiger partial charge in [0.2, 0.25) is 0 Å². The Kier molecular flexibility index (Phi) is 4.85. The molecule has 1 saturated heterocycles. The molecule has 0 spiro atoms. The van der Waals surface area contributed by atoms with Crippen LogP contribution < -0.4 is 15.1 Å². The van der Waals surface area contributed by atoms with Crippen molar-refractivity contribution in [2.45, 2.75) is 0 Å². The highest BCUT2D eigenvalue weighted by atomic mass is 15.3. The number of aromatic nitrogens is 4. The highest BCUT2D eigenvalue weighted by Gasteiger charge is 2.18. The van der Waals surface area contributed by atoms with E-state index in [4.69, 9.17) is 4.98 Å². The van der Waals surface area contributed by atoms with Gasteiger partial charge in [0, 0.05) is 62.4 Å². The summed E-state index contributed by atoms with van der Waals surface area (Å²) in [6, 6.07) is 17.0. The molecule has 0 amide bonds. The summed E-state index contributed by atoms with van der Waals surface area (Å²) in [5, 5.41) is 4.18. The van der Waals surface area contributed by atoms with Gasteiger partial charge in [-0.15, -0.1) is 0 Å². The molecule has 3 heterocycles. The van der Waals surface area contributed by atoms with Crippen LogP contribution in [0.5, 0.6) is 0 Å². The quantitative estimate of drug-likeness (QED) is 0.565.